The van der Waals surface area contributed by atoms with E-state index < -0.39 is 21.5 Å². The van der Waals surface area contributed by atoms with Gasteiger partial charge in [0, 0.05) is 18.2 Å². The van der Waals surface area contributed by atoms with Crippen LogP contribution in [0.5, 0.6) is 0 Å². The molecule has 0 aromatic heterocycles. The topological polar surface area (TPSA) is 98.5 Å². The first kappa shape index (κ1) is 16.7. The third kappa shape index (κ3) is 4.66. The molecular weight excluding hydrogens is 304 g/mol. The summed E-state index contributed by atoms with van der Waals surface area (Å²) < 4.78 is 29.1. The number of hydrogen-bond acceptors (Lipinski definition) is 5. The monoisotopic (exact) mass is 320 g/mol. The van der Waals surface area contributed by atoms with Crippen molar-refractivity contribution < 1.29 is 17.9 Å². The Morgan fingerprint density at radius 2 is 2.15 bits per heavy atom. The molecule has 1 amide bonds. The van der Waals surface area contributed by atoms with Gasteiger partial charge in [0.2, 0.25) is 5.91 Å². The number of hydrogen-bond donors (Lipinski definition) is 2. The standard InChI is InChI=1S/C12H17ClN2O4S/c1-8(6-19-2)15-12(16)7-20(17,18)11-4-3-9(13)5-10(11)14/h3-5,8H,6-7,14H2,1-2H3,(H,15,16). The van der Waals surface area contributed by atoms with Crippen molar-refractivity contribution in [3.8, 4) is 0 Å². The number of amides is 1. The predicted octanol–water partition coefficient (Wildman–Crippen LogP) is 0.847. The molecule has 0 aliphatic rings. The van der Waals surface area contributed by atoms with Crippen LogP contribution in [0.2, 0.25) is 5.02 Å². The number of nitrogens with two attached hydrogens (primary N) is 1. The second-order valence-corrected chi connectivity index (χ2v) is 6.76. The third-order valence-electron chi connectivity index (χ3n) is 2.45. The van der Waals surface area contributed by atoms with E-state index in [0.717, 1.165) is 0 Å². The molecule has 0 saturated carbocycles. The van der Waals surface area contributed by atoms with Crippen LogP contribution >= 0.6 is 11.6 Å². The Labute approximate surface area is 123 Å². The number of methoxy groups -OCH3 is 1. The molecule has 0 bridgehead atoms. The lowest BCUT2D eigenvalue weighted by Gasteiger charge is -2.13. The molecule has 1 atom stereocenters. The van der Waals surface area contributed by atoms with Crippen LogP contribution in [0, 0.1) is 0 Å². The number of sulfone groups is 1. The summed E-state index contributed by atoms with van der Waals surface area (Å²) in [7, 11) is -2.31. The largest absolute Gasteiger partial charge is 0.398 e. The predicted molar refractivity (Wildman–Crippen MR) is 77.4 cm³/mol. The molecule has 0 aliphatic carbocycles. The summed E-state index contributed by atoms with van der Waals surface area (Å²) in [5.74, 6) is -1.28. The third-order valence-corrected chi connectivity index (χ3v) is 4.37. The highest BCUT2D eigenvalue weighted by Crippen LogP contribution is 2.23. The fourth-order valence-electron chi connectivity index (χ4n) is 1.66. The van der Waals surface area contributed by atoms with E-state index in [-0.39, 0.29) is 16.6 Å². The van der Waals surface area contributed by atoms with E-state index in [2.05, 4.69) is 5.32 Å². The zero-order valence-corrected chi connectivity index (χ0v) is 12.8. The lowest BCUT2D eigenvalue weighted by Crippen LogP contribution is -2.39. The first-order valence-electron chi connectivity index (χ1n) is 5.82. The molecule has 0 saturated heterocycles. The van der Waals surface area contributed by atoms with Crippen molar-refractivity contribution in [3.63, 3.8) is 0 Å². The van der Waals surface area contributed by atoms with Gasteiger partial charge in [-0.25, -0.2) is 8.42 Å². The summed E-state index contributed by atoms with van der Waals surface area (Å²) in [6.07, 6.45) is 0. The van der Waals surface area contributed by atoms with Gasteiger partial charge in [-0.1, -0.05) is 11.6 Å². The summed E-state index contributed by atoms with van der Waals surface area (Å²) in [4.78, 5) is 11.6. The van der Waals surface area contributed by atoms with Gasteiger partial charge in [0.1, 0.15) is 5.75 Å². The van der Waals surface area contributed by atoms with Gasteiger partial charge < -0.3 is 15.8 Å². The van der Waals surface area contributed by atoms with Crippen LogP contribution in [0.4, 0.5) is 5.69 Å². The molecule has 0 radical (unpaired) electrons. The van der Waals surface area contributed by atoms with E-state index in [4.69, 9.17) is 22.1 Å². The molecule has 8 heteroatoms. The van der Waals surface area contributed by atoms with Gasteiger partial charge in [-0.2, -0.15) is 0 Å². The highest BCUT2D eigenvalue weighted by molar-refractivity contribution is 7.92. The minimum absolute atomic E-state index is 0.0234. The van der Waals surface area contributed by atoms with Gasteiger partial charge in [-0.3, -0.25) is 4.79 Å². The van der Waals surface area contributed by atoms with Crippen molar-refractivity contribution in [2.24, 2.45) is 0 Å². The highest BCUT2D eigenvalue weighted by Gasteiger charge is 2.22. The van der Waals surface area contributed by atoms with Crippen LogP contribution in [0.3, 0.4) is 0 Å². The molecule has 3 N–H and O–H groups in total. The molecule has 0 heterocycles. The van der Waals surface area contributed by atoms with E-state index in [9.17, 15) is 13.2 Å². The minimum Gasteiger partial charge on any atom is -0.398 e. The van der Waals surface area contributed by atoms with Crippen LogP contribution in [-0.2, 0) is 19.4 Å². The number of ether oxygens (including phenoxy) is 1. The normalized spacial score (nSPS) is 12.9. The number of rotatable bonds is 6. The zero-order chi connectivity index (χ0) is 15.3. The molecular formula is C12H17ClN2O4S. The first-order valence-corrected chi connectivity index (χ1v) is 7.85. The van der Waals surface area contributed by atoms with Crippen LogP contribution in [0.25, 0.3) is 0 Å². The molecule has 0 aliphatic heterocycles. The lowest BCUT2D eigenvalue weighted by atomic mass is 10.3. The first-order chi connectivity index (χ1) is 9.26. The van der Waals surface area contributed by atoms with Crippen molar-refractivity contribution in [1.82, 2.24) is 5.32 Å². The number of halogens is 1. The van der Waals surface area contributed by atoms with Crippen molar-refractivity contribution >= 4 is 33.0 Å². The molecule has 1 aromatic carbocycles. The maximum atomic E-state index is 12.1. The van der Waals surface area contributed by atoms with Gasteiger partial charge in [0.25, 0.3) is 0 Å². The van der Waals surface area contributed by atoms with Crippen LogP contribution in [0.15, 0.2) is 23.1 Å². The molecule has 1 rings (SSSR count). The van der Waals surface area contributed by atoms with E-state index >= 15 is 0 Å². The molecule has 0 spiro atoms. The average molecular weight is 321 g/mol. The molecule has 112 valence electrons. The van der Waals surface area contributed by atoms with Crippen LogP contribution in [0.1, 0.15) is 6.92 Å². The Morgan fingerprint density at radius 1 is 1.50 bits per heavy atom. The number of nitrogen functional groups attached to an aromatic ring is 1. The number of nitrogens with one attached hydrogen (secondary N) is 1. The zero-order valence-electron chi connectivity index (χ0n) is 11.2. The van der Waals surface area contributed by atoms with Gasteiger partial charge in [-0.15, -0.1) is 0 Å². The lowest BCUT2D eigenvalue weighted by molar-refractivity contribution is -0.119. The Hall–Kier alpha value is -1.31. The van der Waals surface area contributed by atoms with Crippen LogP contribution in [-0.4, -0.2) is 39.8 Å². The van der Waals surface area contributed by atoms with E-state index in [1.54, 1.807) is 6.92 Å². The molecule has 0 fully saturated rings. The number of anilines is 1. The molecule has 6 nitrogen and oxygen atoms in total. The van der Waals surface area contributed by atoms with E-state index in [1.165, 1.54) is 25.3 Å². The van der Waals surface area contributed by atoms with E-state index in [0.29, 0.717) is 11.6 Å². The Balaban J connectivity index is 2.82. The van der Waals surface area contributed by atoms with E-state index in [1.807, 2.05) is 0 Å². The summed E-state index contributed by atoms with van der Waals surface area (Å²) in [5, 5.41) is 2.86. The smallest absolute Gasteiger partial charge is 0.235 e. The van der Waals surface area contributed by atoms with Crippen molar-refractivity contribution in [1.29, 1.82) is 0 Å². The van der Waals surface area contributed by atoms with Crippen molar-refractivity contribution in [2.75, 3.05) is 25.2 Å². The van der Waals surface area contributed by atoms with Gasteiger partial charge in [-0.05, 0) is 25.1 Å². The molecule has 1 aromatic rings. The quantitative estimate of drug-likeness (QED) is 0.757. The summed E-state index contributed by atoms with van der Waals surface area (Å²) in [6.45, 7) is 2.01. The van der Waals surface area contributed by atoms with Gasteiger partial charge in [0.15, 0.2) is 9.84 Å². The number of carbonyl (C=O) groups is 1. The molecule has 20 heavy (non-hydrogen) atoms. The summed E-state index contributed by atoms with van der Waals surface area (Å²) in [6, 6.07) is 3.76. The van der Waals surface area contributed by atoms with Crippen molar-refractivity contribution in [2.45, 2.75) is 17.9 Å². The summed E-state index contributed by atoms with van der Waals surface area (Å²) >= 11 is 5.71. The SMILES string of the molecule is COCC(C)NC(=O)CS(=O)(=O)c1ccc(Cl)cc1N. The Morgan fingerprint density at radius 3 is 2.70 bits per heavy atom. The average Bonchev–Trinajstić information content (AvgIpc) is 2.26. The fourth-order valence-corrected chi connectivity index (χ4v) is 3.12. The van der Waals surface area contributed by atoms with Crippen LogP contribution < -0.4 is 11.1 Å². The summed E-state index contributed by atoms with van der Waals surface area (Å²) in [5.41, 5.74) is 5.64. The Kier molecular flexibility index (Phi) is 5.79. The maximum Gasteiger partial charge on any atom is 0.235 e. The fraction of sp³-hybridized carbons (Fsp3) is 0.417. The van der Waals surface area contributed by atoms with Crippen molar-refractivity contribution in [3.05, 3.63) is 23.2 Å². The maximum absolute atomic E-state index is 12.1. The second-order valence-electron chi connectivity index (χ2n) is 4.37. The second kappa shape index (κ2) is 6.92. The highest BCUT2D eigenvalue weighted by atomic mass is 35.5. The number of benzene rings is 1. The van der Waals surface area contributed by atoms with Gasteiger partial charge in [0.05, 0.1) is 17.2 Å². The Bertz CT molecular complexity index is 589. The number of carbonyl (C=O) groups excluding carboxylic acids is 1. The molecule has 1 unspecified atom stereocenters. The van der Waals surface area contributed by atoms with Gasteiger partial charge >= 0.3 is 0 Å². The minimum atomic E-state index is -3.80.